The quantitative estimate of drug-likeness (QED) is 0.830. The van der Waals surface area contributed by atoms with Gasteiger partial charge in [-0.15, -0.1) is 11.3 Å². The molecule has 4 rings (SSSR count). The molecule has 132 valence electrons. The normalized spacial score (nSPS) is 22.3. The molecule has 1 aromatic heterocycles. The van der Waals surface area contributed by atoms with Crippen molar-refractivity contribution >= 4 is 17.2 Å². The molecule has 2 atom stereocenters. The Hall–Kier alpha value is -1.85. The molecule has 2 N–H and O–H groups in total. The Morgan fingerprint density at radius 3 is 2.96 bits per heavy atom. The van der Waals surface area contributed by atoms with Crippen LogP contribution in [-0.2, 0) is 17.8 Å². The van der Waals surface area contributed by atoms with Crippen molar-refractivity contribution in [3.8, 4) is 5.75 Å². The van der Waals surface area contributed by atoms with Gasteiger partial charge in [0.25, 0.3) is 5.91 Å². The molecule has 1 amide bonds. The lowest BCUT2D eigenvalue weighted by Gasteiger charge is -2.32. The van der Waals surface area contributed by atoms with Crippen LogP contribution in [0.25, 0.3) is 0 Å². The van der Waals surface area contributed by atoms with E-state index in [0.29, 0.717) is 19.1 Å². The molecule has 1 unspecified atom stereocenters. The average Bonchev–Trinajstić information content (AvgIpc) is 3.36. The highest BCUT2D eigenvalue weighted by Gasteiger charge is 2.43. The Bertz CT molecular complexity index is 754. The first kappa shape index (κ1) is 16.6. The molecular weight excluding hydrogens is 332 g/mol. The van der Waals surface area contributed by atoms with Crippen molar-refractivity contribution in [1.82, 2.24) is 5.32 Å². The Morgan fingerprint density at radius 2 is 2.16 bits per heavy atom. The van der Waals surface area contributed by atoms with Crippen molar-refractivity contribution in [3.05, 3.63) is 51.7 Å². The van der Waals surface area contributed by atoms with E-state index in [1.807, 2.05) is 35.6 Å². The molecule has 25 heavy (non-hydrogen) atoms. The van der Waals surface area contributed by atoms with Crippen molar-refractivity contribution in [1.29, 1.82) is 0 Å². The molecule has 1 fully saturated rings. The van der Waals surface area contributed by atoms with Crippen LogP contribution in [0.5, 0.6) is 5.75 Å². The number of hydrogen-bond donors (Lipinski definition) is 2. The summed E-state index contributed by atoms with van der Waals surface area (Å²) in [6.07, 6.45) is 3.73. The highest BCUT2D eigenvalue weighted by atomic mass is 32.1. The van der Waals surface area contributed by atoms with Crippen LogP contribution in [0.15, 0.2) is 35.7 Å². The number of fused-ring (bicyclic) bond motifs is 1. The van der Waals surface area contributed by atoms with Gasteiger partial charge in [0, 0.05) is 34.9 Å². The molecule has 1 aliphatic heterocycles. The number of para-hydroxylation sites is 1. The second-order valence-corrected chi connectivity index (χ2v) is 8.04. The smallest absolute Gasteiger partial charge is 0.275 e. The first-order valence-corrected chi connectivity index (χ1v) is 9.93. The SMILES string of the molecule is COc1ccccc1CNC(=O)C[NH+]1CCc2sccc2[C@H]1C1CC1. The Morgan fingerprint density at radius 1 is 1.32 bits per heavy atom. The lowest BCUT2D eigenvalue weighted by molar-refractivity contribution is -0.928. The minimum atomic E-state index is 0.130. The molecule has 0 saturated heterocycles. The first-order valence-electron chi connectivity index (χ1n) is 9.05. The number of hydrogen-bond acceptors (Lipinski definition) is 3. The van der Waals surface area contributed by atoms with Gasteiger partial charge < -0.3 is 15.0 Å². The number of nitrogens with one attached hydrogen (secondary N) is 2. The topological polar surface area (TPSA) is 42.8 Å². The largest absolute Gasteiger partial charge is 0.496 e. The van der Waals surface area contributed by atoms with Gasteiger partial charge in [-0.3, -0.25) is 4.79 Å². The molecule has 4 nitrogen and oxygen atoms in total. The zero-order chi connectivity index (χ0) is 17.2. The third-order valence-electron chi connectivity index (χ3n) is 5.38. The predicted molar refractivity (Wildman–Crippen MR) is 99.0 cm³/mol. The predicted octanol–water partition coefficient (Wildman–Crippen LogP) is 1.97. The van der Waals surface area contributed by atoms with Gasteiger partial charge in [-0.05, 0) is 30.4 Å². The van der Waals surface area contributed by atoms with E-state index in [2.05, 4.69) is 16.8 Å². The van der Waals surface area contributed by atoms with E-state index in [-0.39, 0.29) is 5.91 Å². The molecule has 1 saturated carbocycles. The Labute approximate surface area is 152 Å². The number of carbonyl (C=O) groups excluding carboxylic acids is 1. The van der Waals surface area contributed by atoms with E-state index in [1.54, 1.807) is 7.11 Å². The van der Waals surface area contributed by atoms with E-state index in [4.69, 9.17) is 4.74 Å². The van der Waals surface area contributed by atoms with Crippen LogP contribution < -0.4 is 15.0 Å². The number of amides is 1. The number of thiophene rings is 1. The number of carbonyl (C=O) groups is 1. The Balaban J connectivity index is 1.39. The summed E-state index contributed by atoms with van der Waals surface area (Å²) in [5.41, 5.74) is 2.53. The second kappa shape index (κ2) is 7.18. The maximum absolute atomic E-state index is 12.6. The van der Waals surface area contributed by atoms with Crippen LogP contribution >= 0.6 is 11.3 Å². The van der Waals surface area contributed by atoms with Gasteiger partial charge in [-0.2, -0.15) is 0 Å². The van der Waals surface area contributed by atoms with Crippen LogP contribution in [0.1, 0.15) is 34.9 Å². The highest BCUT2D eigenvalue weighted by Crippen LogP contribution is 2.42. The lowest BCUT2D eigenvalue weighted by atomic mass is 9.96. The summed E-state index contributed by atoms with van der Waals surface area (Å²) in [6.45, 7) is 2.15. The molecule has 0 bridgehead atoms. The summed E-state index contributed by atoms with van der Waals surface area (Å²) in [5, 5.41) is 5.29. The van der Waals surface area contributed by atoms with Crippen LogP contribution in [0.4, 0.5) is 0 Å². The summed E-state index contributed by atoms with van der Waals surface area (Å²) < 4.78 is 5.36. The maximum Gasteiger partial charge on any atom is 0.275 e. The summed E-state index contributed by atoms with van der Waals surface area (Å²) in [4.78, 5) is 15.5. The summed E-state index contributed by atoms with van der Waals surface area (Å²) in [5.74, 6) is 1.72. The van der Waals surface area contributed by atoms with Gasteiger partial charge in [-0.1, -0.05) is 18.2 Å². The van der Waals surface area contributed by atoms with Crippen molar-refractivity contribution in [2.24, 2.45) is 5.92 Å². The zero-order valence-corrected chi connectivity index (χ0v) is 15.4. The fourth-order valence-corrected chi connectivity index (χ4v) is 4.94. The number of rotatable bonds is 6. The van der Waals surface area contributed by atoms with Gasteiger partial charge >= 0.3 is 0 Å². The summed E-state index contributed by atoms with van der Waals surface area (Å²) in [7, 11) is 1.66. The van der Waals surface area contributed by atoms with Crippen LogP contribution in [0.2, 0.25) is 0 Å². The van der Waals surface area contributed by atoms with Gasteiger partial charge in [0.05, 0.1) is 13.7 Å². The third kappa shape index (κ3) is 3.58. The van der Waals surface area contributed by atoms with Crippen molar-refractivity contribution < 1.29 is 14.4 Å². The van der Waals surface area contributed by atoms with E-state index in [0.717, 1.165) is 30.2 Å². The van der Waals surface area contributed by atoms with Crippen LogP contribution in [0.3, 0.4) is 0 Å². The minimum absolute atomic E-state index is 0.130. The number of methoxy groups -OCH3 is 1. The monoisotopic (exact) mass is 357 g/mol. The molecule has 1 aliphatic carbocycles. The Kier molecular flexibility index (Phi) is 4.77. The molecule has 2 aromatic rings. The highest BCUT2D eigenvalue weighted by molar-refractivity contribution is 7.10. The molecule has 5 heteroatoms. The van der Waals surface area contributed by atoms with Crippen molar-refractivity contribution in [2.45, 2.75) is 31.8 Å². The molecule has 2 aliphatic rings. The number of benzene rings is 1. The molecule has 1 aromatic carbocycles. The van der Waals surface area contributed by atoms with Crippen molar-refractivity contribution in [3.63, 3.8) is 0 Å². The molecular formula is C20H25N2O2S+. The molecule has 0 spiro atoms. The van der Waals surface area contributed by atoms with Crippen LogP contribution in [0, 0.1) is 5.92 Å². The third-order valence-corrected chi connectivity index (χ3v) is 6.37. The van der Waals surface area contributed by atoms with E-state index in [9.17, 15) is 4.79 Å². The van der Waals surface area contributed by atoms with E-state index < -0.39 is 0 Å². The number of ether oxygens (including phenoxy) is 1. The average molecular weight is 357 g/mol. The van der Waals surface area contributed by atoms with Gasteiger partial charge in [0.2, 0.25) is 0 Å². The number of quaternary nitrogens is 1. The standard InChI is InChI=1S/C20H24N2O2S/c1-24-17-5-3-2-4-15(17)12-21-19(23)13-22-10-8-18-16(9-11-25-18)20(22)14-6-7-14/h2-5,9,11,14,20H,6-8,10,12-13H2,1H3,(H,21,23)/p+1/t20-/m1/s1. The molecule has 2 heterocycles. The van der Waals surface area contributed by atoms with Gasteiger partial charge in [-0.25, -0.2) is 0 Å². The lowest BCUT2D eigenvalue weighted by Crippen LogP contribution is -3.14. The van der Waals surface area contributed by atoms with E-state index in [1.165, 1.54) is 28.2 Å². The summed E-state index contributed by atoms with van der Waals surface area (Å²) in [6, 6.07) is 10.7. The minimum Gasteiger partial charge on any atom is -0.496 e. The fourth-order valence-electron chi connectivity index (χ4n) is 4.01. The van der Waals surface area contributed by atoms with Gasteiger partial charge in [0.1, 0.15) is 11.8 Å². The summed E-state index contributed by atoms with van der Waals surface area (Å²) >= 11 is 1.88. The van der Waals surface area contributed by atoms with Crippen molar-refractivity contribution in [2.75, 3.05) is 20.2 Å². The van der Waals surface area contributed by atoms with Gasteiger partial charge in [0.15, 0.2) is 6.54 Å². The van der Waals surface area contributed by atoms with E-state index >= 15 is 0 Å². The first-order chi connectivity index (χ1) is 12.3. The zero-order valence-electron chi connectivity index (χ0n) is 14.6. The van der Waals surface area contributed by atoms with Crippen LogP contribution in [-0.4, -0.2) is 26.1 Å². The fraction of sp³-hybridized carbons (Fsp3) is 0.450. The maximum atomic E-state index is 12.6. The second-order valence-electron chi connectivity index (χ2n) is 7.04. The molecule has 0 radical (unpaired) electrons.